The molecule has 1 saturated carbocycles. The number of hydrogen-bond acceptors (Lipinski definition) is 3. The van der Waals surface area contributed by atoms with Crippen LogP contribution in [0.3, 0.4) is 0 Å². The Hall–Kier alpha value is -1.40. The molecule has 1 aromatic rings. The third-order valence-electron chi connectivity index (χ3n) is 4.78. The molecule has 2 rings (SSSR count). The monoisotopic (exact) mass is 366 g/mol. The second-order valence-electron chi connectivity index (χ2n) is 7.10. The molecule has 25 heavy (non-hydrogen) atoms. The Morgan fingerprint density at radius 1 is 1.24 bits per heavy atom. The van der Waals surface area contributed by atoms with Gasteiger partial charge in [-0.15, -0.1) is 0 Å². The van der Waals surface area contributed by atoms with Crippen molar-refractivity contribution in [2.24, 2.45) is 0 Å². The molecule has 1 atom stereocenters. The zero-order valence-electron chi connectivity index (χ0n) is 15.5. The molecule has 0 radical (unpaired) electrons. The fourth-order valence-electron chi connectivity index (χ4n) is 3.35. The van der Waals surface area contributed by atoms with Crippen LogP contribution >= 0.6 is 0 Å². The molecule has 1 aliphatic carbocycles. The molecule has 6 heteroatoms. The largest absolute Gasteiger partial charge is 0.349 e. The molecule has 0 saturated heterocycles. The maximum Gasteiger partial charge on any atom is 0.251 e. The topological polar surface area (TPSA) is 75.3 Å². The summed E-state index contributed by atoms with van der Waals surface area (Å²) in [4.78, 5) is 12.8. The Bertz CT molecular complexity index is 695. The van der Waals surface area contributed by atoms with Crippen LogP contribution in [0.15, 0.2) is 23.1 Å². The first kappa shape index (κ1) is 19.9. The van der Waals surface area contributed by atoms with Gasteiger partial charge in [0.2, 0.25) is 10.0 Å². The molecule has 1 fully saturated rings. The van der Waals surface area contributed by atoms with E-state index >= 15 is 0 Å². The minimum absolute atomic E-state index is 0.129. The zero-order chi connectivity index (χ0) is 18.4. The Kier molecular flexibility index (Phi) is 7.02. The van der Waals surface area contributed by atoms with Gasteiger partial charge in [0, 0.05) is 17.6 Å². The zero-order valence-corrected chi connectivity index (χ0v) is 16.3. The van der Waals surface area contributed by atoms with Crippen molar-refractivity contribution in [2.75, 3.05) is 0 Å². The fourth-order valence-corrected chi connectivity index (χ4v) is 4.65. The highest BCUT2D eigenvalue weighted by molar-refractivity contribution is 7.89. The summed E-state index contributed by atoms with van der Waals surface area (Å²) >= 11 is 0. The Morgan fingerprint density at radius 2 is 1.92 bits per heavy atom. The van der Waals surface area contributed by atoms with Gasteiger partial charge in [-0.25, -0.2) is 13.1 Å². The second kappa shape index (κ2) is 8.81. The highest BCUT2D eigenvalue weighted by Gasteiger charge is 2.22. The molecular formula is C19H30N2O3S. The summed E-state index contributed by atoms with van der Waals surface area (Å²) in [5.74, 6) is -0.178. The fraction of sp³-hybridized carbons (Fsp3) is 0.632. The number of sulfonamides is 1. The third-order valence-corrected chi connectivity index (χ3v) is 6.37. The molecule has 140 valence electrons. The Balaban J connectivity index is 2.17. The van der Waals surface area contributed by atoms with Crippen molar-refractivity contribution in [3.8, 4) is 0 Å². The number of amides is 1. The van der Waals surface area contributed by atoms with Crippen molar-refractivity contribution in [1.82, 2.24) is 10.0 Å². The van der Waals surface area contributed by atoms with E-state index in [4.69, 9.17) is 0 Å². The summed E-state index contributed by atoms with van der Waals surface area (Å²) < 4.78 is 27.8. The quantitative estimate of drug-likeness (QED) is 0.775. The van der Waals surface area contributed by atoms with Crippen molar-refractivity contribution >= 4 is 15.9 Å². The third kappa shape index (κ3) is 5.54. The van der Waals surface area contributed by atoms with E-state index in [0.717, 1.165) is 44.1 Å². The van der Waals surface area contributed by atoms with Crippen LogP contribution < -0.4 is 10.0 Å². The molecule has 0 heterocycles. The van der Waals surface area contributed by atoms with Gasteiger partial charge in [0.15, 0.2) is 0 Å². The Labute approximate surface area is 151 Å². The molecule has 1 aromatic carbocycles. The first-order valence-electron chi connectivity index (χ1n) is 9.27. The molecule has 2 N–H and O–H groups in total. The number of rotatable bonds is 7. The van der Waals surface area contributed by atoms with Crippen LogP contribution in [0.1, 0.15) is 74.7 Å². The summed E-state index contributed by atoms with van der Waals surface area (Å²) in [5, 5.41) is 3.06. The smallest absolute Gasteiger partial charge is 0.251 e. The van der Waals surface area contributed by atoms with Crippen LogP contribution in [0.25, 0.3) is 0 Å². The minimum Gasteiger partial charge on any atom is -0.349 e. The van der Waals surface area contributed by atoms with Gasteiger partial charge >= 0.3 is 0 Å². The van der Waals surface area contributed by atoms with E-state index in [9.17, 15) is 13.2 Å². The van der Waals surface area contributed by atoms with Gasteiger partial charge in [-0.3, -0.25) is 4.79 Å². The normalized spacial score (nSPS) is 17.2. The first-order valence-corrected chi connectivity index (χ1v) is 10.8. The maximum atomic E-state index is 12.6. The number of aryl methyl sites for hydroxylation is 1. The summed E-state index contributed by atoms with van der Waals surface area (Å²) in [5.41, 5.74) is 1.23. The van der Waals surface area contributed by atoms with E-state index in [-0.39, 0.29) is 22.9 Å². The van der Waals surface area contributed by atoms with Gasteiger partial charge in [-0.2, -0.15) is 0 Å². The van der Waals surface area contributed by atoms with Crippen molar-refractivity contribution in [1.29, 1.82) is 0 Å². The molecule has 5 nitrogen and oxygen atoms in total. The molecule has 1 amide bonds. The van der Waals surface area contributed by atoms with E-state index in [1.54, 1.807) is 12.1 Å². The van der Waals surface area contributed by atoms with Gasteiger partial charge in [0.25, 0.3) is 5.91 Å². The maximum absolute atomic E-state index is 12.6. The summed E-state index contributed by atoms with van der Waals surface area (Å²) in [6.45, 7) is 5.70. The molecule has 0 unspecified atom stereocenters. The highest BCUT2D eigenvalue weighted by Crippen LogP contribution is 2.20. The van der Waals surface area contributed by atoms with E-state index in [1.165, 1.54) is 12.5 Å². The van der Waals surface area contributed by atoms with Crippen molar-refractivity contribution in [3.63, 3.8) is 0 Å². The molecule has 0 spiro atoms. The lowest BCUT2D eigenvalue weighted by Gasteiger charge is -2.23. The number of benzene rings is 1. The Morgan fingerprint density at radius 3 is 2.56 bits per heavy atom. The molecular weight excluding hydrogens is 336 g/mol. The van der Waals surface area contributed by atoms with Crippen LogP contribution in [0.2, 0.25) is 0 Å². The van der Waals surface area contributed by atoms with E-state index in [0.29, 0.717) is 5.56 Å². The number of carbonyl (C=O) groups excluding carboxylic acids is 1. The van der Waals surface area contributed by atoms with Crippen LogP contribution in [0.5, 0.6) is 0 Å². The average Bonchev–Trinajstić information content (AvgIpc) is 2.55. The molecule has 1 aliphatic rings. The lowest BCUT2D eigenvalue weighted by atomic mass is 9.95. The lowest BCUT2D eigenvalue weighted by molar-refractivity contribution is 0.0927. The SMILES string of the molecule is CCC[C@@H](C)NS(=O)(=O)c1ccc(C)c(C(=O)NC2CCCCC2)c1. The number of hydrogen-bond donors (Lipinski definition) is 2. The minimum atomic E-state index is -3.62. The molecule has 0 aliphatic heterocycles. The van der Waals surface area contributed by atoms with Crippen LogP contribution in [0.4, 0.5) is 0 Å². The van der Waals surface area contributed by atoms with E-state index in [2.05, 4.69) is 10.0 Å². The highest BCUT2D eigenvalue weighted by atomic mass is 32.2. The van der Waals surface area contributed by atoms with Crippen molar-refractivity contribution in [2.45, 2.75) is 82.7 Å². The standard InChI is InChI=1S/C19H30N2O3S/c1-4-8-15(3)21-25(23,24)17-12-11-14(2)18(13-17)19(22)20-16-9-6-5-7-10-16/h11-13,15-16,21H,4-10H2,1-3H3,(H,20,22)/t15-/m1/s1. The average molecular weight is 367 g/mol. The summed E-state index contributed by atoms with van der Waals surface area (Å²) in [6, 6.07) is 4.83. The predicted molar refractivity (Wildman–Crippen MR) is 100 cm³/mol. The molecule has 0 bridgehead atoms. The number of nitrogens with one attached hydrogen (secondary N) is 2. The first-order chi connectivity index (χ1) is 11.8. The number of carbonyl (C=O) groups is 1. The lowest BCUT2D eigenvalue weighted by Crippen LogP contribution is -2.37. The van der Waals surface area contributed by atoms with Crippen molar-refractivity contribution in [3.05, 3.63) is 29.3 Å². The van der Waals surface area contributed by atoms with Gasteiger partial charge in [-0.05, 0) is 50.8 Å². The van der Waals surface area contributed by atoms with Gasteiger partial charge in [0.05, 0.1) is 4.90 Å². The summed E-state index contributed by atoms with van der Waals surface area (Å²) in [7, 11) is -3.62. The predicted octanol–water partition coefficient (Wildman–Crippen LogP) is 3.52. The van der Waals surface area contributed by atoms with Gasteiger partial charge in [0.1, 0.15) is 0 Å². The van der Waals surface area contributed by atoms with Gasteiger partial charge < -0.3 is 5.32 Å². The molecule has 0 aromatic heterocycles. The van der Waals surface area contributed by atoms with Crippen molar-refractivity contribution < 1.29 is 13.2 Å². The second-order valence-corrected chi connectivity index (χ2v) is 8.81. The van der Waals surface area contributed by atoms with E-state index in [1.807, 2.05) is 20.8 Å². The summed E-state index contributed by atoms with van der Waals surface area (Å²) in [6.07, 6.45) is 7.18. The van der Waals surface area contributed by atoms with Crippen LogP contribution in [0, 0.1) is 6.92 Å². The van der Waals surface area contributed by atoms with Crippen LogP contribution in [-0.4, -0.2) is 26.4 Å². The van der Waals surface area contributed by atoms with Crippen LogP contribution in [-0.2, 0) is 10.0 Å². The van der Waals surface area contributed by atoms with E-state index < -0.39 is 10.0 Å². The van der Waals surface area contributed by atoms with Gasteiger partial charge in [-0.1, -0.05) is 38.7 Å².